The van der Waals surface area contributed by atoms with Crippen LogP contribution in [0, 0.1) is 5.82 Å². The third-order valence-corrected chi connectivity index (χ3v) is 2.05. The fourth-order valence-electron chi connectivity index (χ4n) is 0.873. The minimum absolute atomic E-state index is 0.309. The first-order valence-electron chi connectivity index (χ1n) is 3.26. The highest BCUT2D eigenvalue weighted by atomic mass is 31.2. The molecule has 0 saturated heterocycles. The number of halogens is 1. The van der Waals surface area contributed by atoms with Crippen LogP contribution in [0.25, 0.3) is 0 Å². The lowest BCUT2D eigenvalue weighted by Gasteiger charge is -2.02. The topological polar surface area (TPSA) is 57.5 Å². The van der Waals surface area contributed by atoms with Crippen molar-refractivity contribution in [2.45, 2.75) is 6.16 Å². The van der Waals surface area contributed by atoms with Crippen LogP contribution in [0.5, 0.6) is 0 Å². The van der Waals surface area contributed by atoms with Crippen molar-refractivity contribution in [1.82, 2.24) is 0 Å². The van der Waals surface area contributed by atoms with Gasteiger partial charge in [0, 0.05) is 0 Å². The zero-order valence-corrected chi connectivity index (χ0v) is 7.04. The Morgan fingerprint density at radius 3 is 2.58 bits per heavy atom. The van der Waals surface area contributed by atoms with E-state index in [4.69, 9.17) is 9.79 Å². The Kier molecular flexibility index (Phi) is 2.62. The molecule has 0 aliphatic carbocycles. The monoisotopic (exact) mass is 190 g/mol. The first kappa shape index (κ1) is 9.39. The Morgan fingerprint density at radius 1 is 1.42 bits per heavy atom. The lowest BCUT2D eigenvalue weighted by atomic mass is 10.2. The van der Waals surface area contributed by atoms with Crippen molar-refractivity contribution in [2.75, 3.05) is 0 Å². The van der Waals surface area contributed by atoms with Gasteiger partial charge in [-0.1, -0.05) is 12.1 Å². The van der Waals surface area contributed by atoms with E-state index >= 15 is 0 Å². The summed E-state index contributed by atoms with van der Waals surface area (Å²) in [5, 5.41) is 0. The van der Waals surface area contributed by atoms with Gasteiger partial charge in [-0.3, -0.25) is 4.57 Å². The molecule has 0 heterocycles. The molecule has 0 aliphatic rings. The molecule has 0 spiro atoms. The third-order valence-electron chi connectivity index (χ3n) is 1.28. The number of benzene rings is 1. The molecule has 0 aromatic heterocycles. The number of rotatable bonds is 2. The average molecular weight is 190 g/mol. The van der Waals surface area contributed by atoms with Crippen molar-refractivity contribution in [2.24, 2.45) is 0 Å². The summed E-state index contributed by atoms with van der Waals surface area (Å²) in [7, 11) is -4.07. The normalized spacial score (nSPS) is 11.6. The molecule has 0 amide bonds. The highest BCUT2D eigenvalue weighted by molar-refractivity contribution is 7.50. The zero-order valence-electron chi connectivity index (χ0n) is 6.14. The fraction of sp³-hybridized carbons (Fsp3) is 0.143. The van der Waals surface area contributed by atoms with Crippen LogP contribution in [-0.4, -0.2) is 9.79 Å². The van der Waals surface area contributed by atoms with Crippen LogP contribution in [0.15, 0.2) is 24.3 Å². The van der Waals surface area contributed by atoms with Crippen molar-refractivity contribution < 1.29 is 18.7 Å². The molecule has 0 atom stereocenters. The summed E-state index contributed by atoms with van der Waals surface area (Å²) in [4.78, 5) is 17.1. The smallest absolute Gasteiger partial charge is 0.324 e. The third kappa shape index (κ3) is 3.13. The van der Waals surface area contributed by atoms with Gasteiger partial charge in [0.15, 0.2) is 0 Å². The van der Waals surface area contributed by atoms with Crippen LogP contribution in [-0.2, 0) is 10.7 Å². The van der Waals surface area contributed by atoms with Crippen molar-refractivity contribution in [1.29, 1.82) is 0 Å². The molecule has 1 aromatic carbocycles. The molecule has 0 aliphatic heterocycles. The number of hydrogen-bond acceptors (Lipinski definition) is 1. The summed E-state index contributed by atoms with van der Waals surface area (Å²) in [6, 6.07) is 5.23. The Labute approximate surface area is 69.0 Å². The molecule has 0 saturated carbocycles. The molecule has 5 heteroatoms. The maximum absolute atomic E-state index is 12.5. The van der Waals surface area contributed by atoms with E-state index in [-0.39, 0.29) is 0 Å². The minimum atomic E-state index is -4.07. The number of hydrogen-bond donors (Lipinski definition) is 2. The van der Waals surface area contributed by atoms with Crippen molar-refractivity contribution in [3.05, 3.63) is 35.6 Å². The molecule has 0 radical (unpaired) electrons. The lowest BCUT2D eigenvalue weighted by molar-refractivity contribution is 0.371. The first-order valence-corrected chi connectivity index (χ1v) is 5.06. The summed E-state index contributed by atoms with van der Waals surface area (Å²) in [6.07, 6.45) is -0.412. The average Bonchev–Trinajstić information content (AvgIpc) is 1.82. The van der Waals surface area contributed by atoms with Crippen molar-refractivity contribution in [3.63, 3.8) is 0 Å². The molecule has 1 aromatic rings. The van der Waals surface area contributed by atoms with E-state index in [9.17, 15) is 8.96 Å². The fourth-order valence-corrected chi connectivity index (χ4v) is 1.55. The van der Waals surface area contributed by atoms with Crippen molar-refractivity contribution >= 4 is 7.60 Å². The Balaban J connectivity index is 2.84. The highest BCUT2D eigenvalue weighted by Crippen LogP contribution is 2.38. The standard InChI is InChI=1S/C7H8FO3P/c8-7-3-1-2-6(4-7)5-12(9,10)11/h1-4H,5H2,(H2,9,10,11). The van der Waals surface area contributed by atoms with E-state index in [0.717, 1.165) is 6.07 Å². The summed E-state index contributed by atoms with van der Waals surface area (Å²) in [5.74, 6) is -0.485. The van der Waals surface area contributed by atoms with Crippen LogP contribution in [0.2, 0.25) is 0 Å². The quantitative estimate of drug-likeness (QED) is 0.695. The molecular formula is C7H8FO3P. The van der Waals surface area contributed by atoms with E-state index in [0.29, 0.717) is 5.56 Å². The minimum Gasteiger partial charge on any atom is -0.324 e. The molecule has 1 rings (SSSR count). The largest absolute Gasteiger partial charge is 0.329 e. The summed E-state index contributed by atoms with van der Waals surface area (Å²) in [6.45, 7) is 0. The van der Waals surface area contributed by atoms with Crippen LogP contribution in [0.1, 0.15) is 5.56 Å². The maximum Gasteiger partial charge on any atom is 0.329 e. The summed E-state index contributed by atoms with van der Waals surface area (Å²) < 4.78 is 23.0. The molecule has 0 bridgehead atoms. The molecule has 2 N–H and O–H groups in total. The van der Waals surface area contributed by atoms with Gasteiger partial charge in [-0.15, -0.1) is 0 Å². The second-order valence-corrected chi connectivity index (χ2v) is 4.10. The SMILES string of the molecule is O=P(O)(O)Cc1cccc(F)c1. The zero-order chi connectivity index (χ0) is 9.19. The van der Waals surface area contributed by atoms with Gasteiger partial charge in [-0.2, -0.15) is 0 Å². The van der Waals surface area contributed by atoms with Gasteiger partial charge >= 0.3 is 7.60 Å². The van der Waals surface area contributed by atoms with Gasteiger partial charge < -0.3 is 9.79 Å². The predicted octanol–water partition coefficient (Wildman–Crippen LogP) is 1.50. The van der Waals surface area contributed by atoms with E-state index in [1.165, 1.54) is 18.2 Å². The summed E-state index contributed by atoms with van der Waals surface area (Å²) >= 11 is 0. The molecule has 66 valence electrons. The predicted molar refractivity (Wildman–Crippen MR) is 42.1 cm³/mol. The second-order valence-electron chi connectivity index (χ2n) is 2.45. The molecule has 3 nitrogen and oxygen atoms in total. The van der Waals surface area contributed by atoms with Gasteiger partial charge in [0.05, 0.1) is 6.16 Å². The molecular weight excluding hydrogens is 182 g/mol. The van der Waals surface area contributed by atoms with Crippen LogP contribution in [0.4, 0.5) is 4.39 Å². The van der Waals surface area contributed by atoms with E-state index in [2.05, 4.69) is 0 Å². The van der Waals surface area contributed by atoms with E-state index in [1.54, 1.807) is 0 Å². The maximum atomic E-state index is 12.5. The van der Waals surface area contributed by atoms with E-state index < -0.39 is 19.6 Å². The van der Waals surface area contributed by atoms with Gasteiger partial charge in [-0.05, 0) is 17.7 Å². The second kappa shape index (κ2) is 3.35. The van der Waals surface area contributed by atoms with E-state index in [1.807, 2.05) is 0 Å². The van der Waals surface area contributed by atoms with Crippen LogP contribution >= 0.6 is 7.60 Å². The van der Waals surface area contributed by atoms with Gasteiger partial charge in [-0.25, -0.2) is 4.39 Å². The molecule has 12 heavy (non-hydrogen) atoms. The molecule has 0 fully saturated rings. The first-order chi connectivity index (χ1) is 5.47. The Bertz CT molecular complexity index is 320. The van der Waals surface area contributed by atoms with Crippen LogP contribution in [0.3, 0.4) is 0 Å². The van der Waals surface area contributed by atoms with Gasteiger partial charge in [0.25, 0.3) is 0 Å². The van der Waals surface area contributed by atoms with Gasteiger partial charge in [0.1, 0.15) is 5.82 Å². The summed E-state index contributed by atoms with van der Waals surface area (Å²) in [5.41, 5.74) is 0.309. The van der Waals surface area contributed by atoms with Crippen LogP contribution < -0.4 is 0 Å². The Hall–Kier alpha value is -0.700. The Morgan fingerprint density at radius 2 is 2.08 bits per heavy atom. The van der Waals surface area contributed by atoms with Gasteiger partial charge in [0.2, 0.25) is 0 Å². The van der Waals surface area contributed by atoms with Crippen molar-refractivity contribution in [3.8, 4) is 0 Å². The molecule has 0 unspecified atom stereocenters. The highest BCUT2D eigenvalue weighted by Gasteiger charge is 2.13. The lowest BCUT2D eigenvalue weighted by Crippen LogP contribution is -1.87.